The molecule has 0 aliphatic rings. The van der Waals surface area contributed by atoms with E-state index in [0.29, 0.717) is 17.7 Å². The lowest BCUT2D eigenvalue weighted by Gasteiger charge is -2.17. The van der Waals surface area contributed by atoms with Gasteiger partial charge in [-0.2, -0.15) is 0 Å². The average molecular weight is 412 g/mol. The second-order valence-corrected chi connectivity index (χ2v) is 7.18. The van der Waals surface area contributed by atoms with Crippen LogP contribution in [0.4, 0.5) is 10.5 Å². The Kier molecular flexibility index (Phi) is 8.87. The molecule has 2 rings (SSSR count). The van der Waals surface area contributed by atoms with Crippen molar-refractivity contribution in [1.82, 2.24) is 10.6 Å². The molecule has 30 heavy (non-hydrogen) atoms. The Bertz CT molecular complexity index is 853. The summed E-state index contributed by atoms with van der Waals surface area (Å²) in [5.41, 5.74) is 1.89. The summed E-state index contributed by atoms with van der Waals surface area (Å²) in [6.45, 7) is 5.91. The van der Waals surface area contributed by atoms with Gasteiger partial charge in [0, 0.05) is 23.8 Å². The largest absolute Gasteiger partial charge is 0.466 e. The highest BCUT2D eigenvalue weighted by atomic mass is 16.5. The van der Waals surface area contributed by atoms with E-state index in [-0.39, 0.29) is 37.1 Å². The van der Waals surface area contributed by atoms with Gasteiger partial charge in [-0.25, -0.2) is 4.79 Å². The van der Waals surface area contributed by atoms with E-state index >= 15 is 0 Å². The molecule has 0 bridgehead atoms. The van der Waals surface area contributed by atoms with Gasteiger partial charge in [-0.15, -0.1) is 0 Å². The number of rotatable bonds is 9. The molecule has 7 nitrogen and oxygen atoms in total. The van der Waals surface area contributed by atoms with Crippen molar-refractivity contribution in [2.75, 3.05) is 18.5 Å². The highest BCUT2D eigenvalue weighted by molar-refractivity contribution is 5.97. The van der Waals surface area contributed by atoms with Gasteiger partial charge in [0.1, 0.15) is 0 Å². The van der Waals surface area contributed by atoms with E-state index in [2.05, 4.69) is 16.0 Å². The van der Waals surface area contributed by atoms with Gasteiger partial charge < -0.3 is 20.7 Å². The number of hydrogen-bond donors (Lipinski definition) is 3. The topological polar surface area (TPSA) is 96.5 Å². The van der Waals surface area contributed by atoms with E-state index in [1.807, 2.05) is 44.2 Å². The molecule has 2 aromatic rings. The van der Waals surface area contributed by atoms with Crippen molar-refractivity contribution in [3.63, 3.8) is 0 Å². The number of anilines is 1. The molecule has 0 saturated heterocycles. The van der Waals surface area contributed by atoms with Crippen LogP contribution in [0.5, 0.6) is 0 Å². The van der Waals surface area contributed by atoms with Crippen LogP contribution < -0.4 is 16.0 Å². The quantitative estimate of drug-likeness (QED) is 0.551. The number of hydrogen-bond acceptors (Lipinski definition) is 4. The highest BCUT2D eigenvalue weighted by Gasteiger charge is 2.21. The van der Waals surface area contributed by atoms with Crippen LogP contribution in [0.25, 0.3) is 0 Å². The van der Waals surface area contributed by atoms with E-state index in [0.717, 1.165) is 5.56 Å². The van der Waals surface area contributed by atoms with Crippen LogP contribution in [-0.2, 0) is 16.0 Å². The third kappa shape index (κ3) is 7.58. The molecule has 1 unspecified atom stereocenters. The number of nitrogens with one attached hydrogen (secondary N) is 3. The van der Waals surface area contributed by atoms with Gasteiger partial charge in [0.25, 0.3) is 5.91 Å². The molecule has 0 radical (unpaired) electrons. The molecule has 0 heterocycles. The first-order valence-corrected chi connectivity index (χ1v) is 10.0. The van der Waals surface area contributed by atoms with Gasteiger partial charge >= 0.3 is 12.0 Å². The first-order valence-electron chi connectivity index (χ1n) is 10.0. The molecule has 3 amide bonds. The predicted octanol–water partition coefficient (Wildman–Crippen LogP) is 3.37. The molecule has 3 N–H and O–H groups in total. The summed E-state index contributed by atoms with van der Waals surface area (Å²) in [7, 11) is 0. The van der Waals surface area contributed by atoms with Crippen LogP contribution in [0.3, 0.4) is 0 Å². The fourth-order valence-corrected chi connectivity index (χ4v) is 2.88. The van der Waals surface area contributed by atoms with Gasteiger partial charge in [0.2, 0.25) is 0 Å². The number of benzene rings is 2. The molecule has 1 atom stereocenters. The zero-order chi connectivity index (χ0) is 21.9. The van der Waals surface area contributed by atoms with Crippen molar-refractivity contribution in [3.05, 3.63) is 65.7 Å². The minimum atomic E-state index is -0.491. The summed E-state index contributed by atoms with van der Waals surface area (Å²) in [5, 5.41) is 8.23. The zero-order valence-electron chi connectivity index (χ0n) is 17.6. The molecule has 0 aliphatic carbocycles. The fourth-order valence-electron chi connectivity index (χ4n) is 2.88. The molecular weight excluding hydrogens is 382 g/mol. The molecule has 0 fully saturated rings. The first kappa shape index (κ1) is 22.9. The maximum atomic E-state index is 12.6. The minimum Gasteiger partial charge on any atom is -0.466 e. The van der Waals surface area contributed by atoms with Crippen LogP contribution in [0.1, 0.15) is 36.7 Å². The molecule has 0 aliphatic heterocycles. The van der Waals surface area contributed by atoms with Crippen LogP contribution in [-0.4, -0.2) is 37.1 Å². The standard InChI is InChI=1S/C23H29N3O4/c1-4-30-22(28)19(13-17-9-6-5-7-10-17)15-24-21(27)18-11-8-12-20(14-18)26-23(29)25-16(2)3/h5-12,14,16,19H,4,13,15H2,1-3H3,(H,24,27)(H2,25,26,29). The normalized spacial score (nSPS) is 11.5. The van der Waals surface area contributed by atoms with Crippen molar-refractivity contribution in [3.8, 4) is 0 Å². The lowest BCUT2D eigenvalue weighted by Crippen LogP contribution is -2.35. The highest BCUT2D eigenvalue weighted by Crippen LogP contribution is 2.13. The van der Waals surface area contributed by atoms with E-state index < -0.39 is 5.92 Å². The van der Waals surface area contributed by atoms with Crippen molar-refractivity contribution in [1.29, 1.82) is 0 Å². The number of carbonyl (C=O) groups excluding carboxylic acids is 3. The number of ether oxygens (including phenoxy) is 1. The fraction of sp³-hybridized carbons (Fsp3) is 0.348. The summed E-state index contributed by atoms with van der Waals surface area (Å²) < 4.78 is 5.16. The van der Waals surface area contributed by atoms with Gasteiger partial charge in [-0.05, 0) is 51.0 Å². The molecule has 0 aromatic heterocycles. The van der Waals surface area contributed by atoms with E-state index in [9.17, 15) is 14.4 Å². The Balaban J connectivity index is 2.01. The van der Waals surface area contributed by atoms with Crippen molar-refractivity contribution >= 4 is 23.6 Å². The number of carbonyl (C=O) groups is 3. The summed E-state index contributed by atoms with van der Waals surface area (Å²) >= 11 is 0. The number of amides is 3. The smallest absolute Gasteiger partial charge is 0.319 e. The summed E-state index contributed by atoms with van der Waals surface area (Å²) in [6, 6.07) is 15.9. The monoisotopic (exact) mass is 411 g/mol. The molecule has 7 heteroatoms. The molecule has 0 spiro atoms. The second kappa shape index (κ2) is 11.6. The molecule has 160 valence electrons. The van der Waals surface area contributed by atoms with E-state index in [1.54, 1.807) is 31.2 Å². The minimum absolute atomic E-state index is 0.000839. The Morgan fingerprint density at radius 1 is 1.00 bits per heavy atom. The summed E-state index contributed by atoms with van der Waals surface area (Å²) in [5.74, 6) is -1.16. The molecule has 2 aromatic carbocycles. The Morgan fingerprint density at radius 3 is 2.40 bits per heavy atom. The average Bonchev–Trinajstić information content (AvgIpc) is 2.71. The van der Waals surface area contributed by atoms with Crippen molar-refractivity contribution in [2.45, 2.75) is 33.2 Å². The maximum Gasteiger partial charge on any atom is 0.319 e. The van der Waals surface area contributed by atoms with Crippen LogP contribution in [0.2, 0.25) is 0 Å². The van der Waals surface area contributed by atoms with Gasteiger partial charge in [0.05, 0.1) is 12.5 Å². The van der Waals surface area contributed by atoms with Crippen molar-refractivity contribution in [2.24, 2.45) is 5.92 Å². The maximum absolute atomic E-state index is 12.6. The first-order chi connectivity index (χ1) is 14.4. The third-order valence-corrected chi connectivity index (χ3v) is 4.26. The zero-order valence-corrected chi connectivity index (χ0v) is 17.6. The summed E-state index contributed by atoms with van der Waals surface area (Å²) in [6.07, 6.45) is 0.469. The number of urea groups is 1. The molecule has 0 saturated carbocycles. The van der Waals surface area contributed by atoms with Crippen LogP contribution in [0.15, 0.2) is 54.6 Å². The predicted molar refractivity (Wildman–Crippen MR) is 116 cm³/mol. The van der Waals surface area contributed by atoms with Gasteiger partial charge in [-0.1, -0.05) is 36.4 Å². The Morgan fingerprint density at radius 2 is 1.73 bits per heavy atom. The number of esters is 1. The van der Waals surface area contributed by atoms with Gasteiger partial charge in [0.15, 0.2) is 0 Å². The van der Waals surface area contributed by atoms with Crippen LogP contribution >= 0.6 is 0 Å². The molecular formula is C23H29N3O4. The Hall–Kier alpha value is -3.35. The van der Waals surface area contributed by atoms with Crippen molar-refractivity contribution < 1.29 is 19.1 Å². The summed E-state index contributed by atoms with van der Waals surface area (Å²) in [4.78, 5) is 36.8. The Labute approximate surface area is 177 Å². The van der Waals surface area contributed by atoms with Crippen LogP contribution in [0, 0.1) is 5.92 Å². The van der Waals surface area contributed by atoms with Gasteiger partial charge in [-0.3, -0.25) is 9.59 Å². The SMILES string of the molecule is CCOC(=O)C(CNC(=O)c1cccc(NC(=O)NC(C)C)c1)Cc1ccccc1. The van der Waals surface area contributed by atoms with E-state index in [1.165, 1.54) is 0 Å². The third-order valence-electron chi connectivity index (χ3n) is 4.26. The second-order valence-electron chi connectivity index (χ2n) is 7.18. The lowest BCUT2D eigenvalue weighted by atomic mass is 9.99. The van der Waals surface area contributed by atoms with E-state index in [4.69, 9.17) is 4.74 Å². The lowest BCUT2D eigenvalue weighted by molar-refractivity contribution is -0.147.